The van der Waals surface area contributed by atoms with Gasteiger partial charge in [-0.15, -0.1) is 5.10 Å². The molecule has 166 valence electrons. The molecule has 1 amide bonds. The SMILES string of the molecule is CC(C)C(CS(=O)(=O)c1ccccc1)C(=O)CC1CCc2onnc2CNC(=O)C1=O. The standard InChI is InChI=1S/C21H25N3O6S/c1-13(2)16(12-31(28,29)15-6-4-3-5-7-15)18(25)10-14-8-9-19-17(23-24-30-19)11-22-21(27)20(14)26/h3-7,13-14,16H,8-12H2,1-2H3,(H,22,27). The molecule has 1 aromatic heterocycles. The first kappa shape index (κ1) is 22.8. The zero-order valence-corrected chi connectivity index (χ0v) is 18.2. The molecule has 2 aromatic rings. The third-order valence-corrected chi connectivity index (χ3v) is 7.32. The Hall–Kier alpha value is -2.88. The summed E-state index contributed by atoms with van der Waals surface area (Å²) in [6.07, 6.45) is 0.296. The normalized spacial score (nSPS) is 18.5. The molecular formula is C21H25N3O6S. The van der Waals surface area contributed by atoms with E-state index in [2.05, 4.69) is 15.7 Å². The predicted octanol–water partition coefficient (Wildman–Crippen LogP) is 1.52. The number of fused-ring (bicyclic) bond motifs is 1. The fourth-order valence-corrected chi connectivity index (χ4v) is 5.44. The smallest absolute Gasteiger partial charge is 0.288 e. The first-order chi connectivity index (χ1) is 14.7. The van der Waals surface area contributed by atoms with E-state index >= 15 is 0 Å². The van der Waals surface area contributed by atoms with Crippen molar-refractivity contribution in [2.45, 2.75) is 44.6 Å². The van der Waals surface area contributed by atoms with Crippen molar-refractivity contribution >= 4 is 27.3 Å². The summed E-state index contributed by atoms with van der Waals surface area (Å²) in [5.74, 6) is -3.66. The number of sulfone groups is 1. The van der Waals surface area contributed by atoms with Crippen LogP contribution in [0.4, 0.5) is 0 Å². The molecule has 0 radical (unpaired) electrons. The molecule has 2 unspecified atom stereocenters. The number of carbonyl (C=O) groups is 3. The number of aromatic nitrogens is 2. The second-order valence-corrected chi connectivity index (χ2v) is 10.1. The maximum atomic E-state index is 13.1. The number of Topliss-reactive ketones (excluding diaryl/α,β-unsaturated/α-hetero) is 2. The van der Waals surface area contributed by atoms with Gasteiger partial charge in [0.1, 0.15) is 11.5 Å². The molecule has 0 saturated heterocycles. The van der Waals surface area contributed by atoms with Crippen molar-refractivity contribution in [3.05, 3.63) is 41.8 Å². The van der Waals surface area contributed by atoms with Crippen LogP contribution >= 0.6 is 0 Å². The Kier molecular flexibility index (Phi) is 6.99. The van der Waals surface area contributed by atoms with Crippen LogP contribution in [0.15, 0.2) is 39.8 Å². The summed E-state index contributed by atoms with van der Waals surface area (Å²) in [6, 6.07) is 7.95. The van der Waals surface area contributed by atoms with Gasteiger partial charge < -0.3 is 9.84 Å². The second-order valence-electron chi connectivity index (χ2n) is 8.04. The molecule has 1 N–H and O–H groups in total. The molecule has 9 nitrogen and oxygen atoms in total. The van der Waals surface area contributed by atoms with E-state index in [-0.39, 0.29) is 41.7 Å². The van der Waals surface area contributed by atoms with Gasteiger partial charge in [0.2, 0.25) is 5.78 Å². The van der Waals surface area contributed by atoms with Crippen LogP contribution in [0.2, 0.25) is 0 Å². The maximum absolute atomic E-state index is 13.1. The first-order valence-corrected chi connectivity index (χ1v) is 11.8. The summed E-state index contributed by atoms with van der Waals surface area (Å²) in [5.41, 5.74) is 0.446. The van der Waals surface area contributed by atoms with E-state index in [1.54, 1.807) is 32.0 Å². The monoisotopic (exact) mass is 447 g/mol. The van der Waals surface area contributed by atoms with Crippen molar-refractivity contribution in [2.75, 3.05) is 5.75 Å². The first-order valence-electron chi connectivity index (χ1n) is 10.1. The number of ketones is 2. The van der Waals surface area contributed by atoms with Gasteiger partial charge in [0.05, 0.1) is 17.2 Å². The highest BCUT2D eigenvalue weighted by Crippen LogP contribution is 2.25. The van der Waals surface area contributed by atoms with Crippen molar-refractivity contribution in [3.63, 3.8) is 0 Å². The van der Waals surface area contributed by atoms with Crippen LogP contribution in [0.25, 0.3) is 0 Å². The van der Waals surface area contributed by atoms with E-state index in [9.17, 15) is 22.8 Å². The number of nitrogens with zero attached hydrogens (tertiary/aromatic N) is 2. The van der Waals surface area contributed by atoms with Crippen molar-refractivity contribution in [2.24, 2.45) is 17.8 Å². The lowest BCUT2D eigenvalue weighted by Gasteiger charge is -2.22. The van der Waals surface area contributed by atoms with E-state index in [0.29, 0.717) is 17.9 Å². The van der Waals surface area contributed by atoms with Gasteiger partial charge in [0.15, 0.2) is 15.6 Å². The molecule has 0 aliphatic carbocycles. The Morgan fingerprint density at radius 2 is 1.94 bits per heavy atom. The lowest BCUT2D eigenvalue weighted by molar-refractivity contribution is -0.141. The molecule has 2 heterocycles. The topological polar surface area (TPSA) is 136 Å². The fraction of sp³-hybridized carbons (Fsp3) is 0.476. The largest absolute Gasteiger partial charge is 0.344 e. The quantitative estimate of drug-likeness (QED) is 0.631. The minimum absolute atomic E-state index is 0.0218. The van der Waals surface area contributed by atoms with Gasteiger partial charge in [0.25, 0.3) is 5.91 Å². The number of amides is 1. The highest BCUT2D eigenvalue weighted by atomic mass is 32.2. The number of benzene rings is 1. The number of hydrogen-bond donors (Lipinski definition) is 1. The lowest BCUT2D eigenvalue weighted by Crippen LogP contribution is -2.37. The molecule has 1 aromatic carbocycles. The van der Waals surface area contributed by atoms with Crippen LogP contribution in [-0.2, 0) is 37.2 Å². The number of carbonyl (C=O) groups excluding carboxylic acids is 3. The van der Waals surface area contributed by atoms with Crippen LogP contribution in [0, 0.1) is 17.8 Å². The summed E-state index contributed by atoms with van der Waals surface area (Å²) >= 11 is 0. The fourth-order valence-electron chi connectivity index (χ4n) is 3.63. The van der Waals surface area contributed by atoms with Crippen LogP contribution in [0.1, 0.15) is 38.1 Å². The van der Waals surface area contributed by atoms with Gasteiger partial charge in [-0.1, -0.05) is 32.0 Å². The highest BCUT2D eigenvalue weighted by Gasteiger charge is 2.35. The van der Waals surface area contributed by atoms with Crippen molar-refractivity contribution in [1.82, 2.24) is 15.7 Å². The summed E-state index contributed by atoms with van der Waals surface area (Å²) in [4.78, 5) is 38.1. The molecule has 0 saturated carbocycles. The molecule has 2 atom stereocenters. The summed E-state index contributed by atoms with van der Waals surface area (Å²) in [6.45, 7) is 3.56. The number of nitrogens with one attached hydrogen (secondary N) is 1. The number of rotatable bonds is 7. The molecule has 0 spiro atoms. The average Bonchev–Trinajstić information content (AvgIpc) is 3.20. The molecule has 0 bridgehead atoms. The Bertz CT molecular complexity index is 1060. The van der Waals surface area contributed by atoms with Gasteiger partial charge >= 0.3 is 0 Å². The summed E-state index contributed by atoms with van der Waals surface area (Å²) in [5, 5.41) is 9.74. The van der Waals surface area contributed by atoms with Gasteiger partial charge in [-0.05, 0) is 24.5 Å². The zero-order chi connectivity index (χ0) is 22.6. The summed E-state index contributed by atoms with van der Waals surface area (Å²) < 4.78 is 30.7. The molecule has 10 heteroatoms. The second kappa shape index (κ2) is 9.51. The van der Waals surface area contributed by atoms with Gasteiger partial charge in [-0.3, -0.25) is 14.4 Å². The molecule has 1 aliphatic rings. The van der Waals surface area contributed by atoms with E-state index in [1.165, 1.54) is 12.1 Å². The van der Waals surface area contributed by atoms with Crippen molar-refractivity contribution in [3.8, 4) is 0 Å². The van der Waals surface area contributed by atoms with Gasteiger partial charge in [0, 0.05) is 29.9 Å². The van der Waals surface area contributed by atoms with Gasteiger partial charge in [-0.25, -0.2) is 8.42 Å². The van der Waals surface area contributed by atoms with Crippen LogP contribution < -0.4 is 5.32 Å². The van der Waals surface area contributed by atoms with Crippen LogP contribution in [0.3, 0.4) is 0 Å². The van der Waals surface area contributed by atoms with Crippen molar-refractivity contribution in [1.29, 1.82) is 0 Å². The van der Waals surface area contributed by atoms with Crippen LogP contribution in [0.5, 0.6) is 0 Å². The van der Waals surface area contributed by atoms with Crippen molar-refractivity contribution < 1.29 is 27.3 Å². The number of hydrogen-bond acceptors (Lipinski definition) is 8. The maximum Gasteiger partial charge on any atom is 0.288 e. The summed E-state index contributed by atoms with van der Waals surface area (Å²) in [7, 11) is -3.68. The molecule has 3 rings (SSSR count). The number of aryl methyl sites for hydroxylation is 1. The zero-order valence-electron chi connectivity index (χ0n) is 17.4. The lowest BCUT2D eigenvalue weighted by atomic mass is 9.84. The molecule has 31 heavy (non-hydrogen) atoms. The molecule has 0 fully saturated rings. The predicted molar refractivity (Wildman–Crippen MR) is 109 cm³/mol. The Morgan fingerprint density at radius 1 is 1.23 bits per heavy atom. The third kappa shape index (κ3) is 5.43. The molecule has 1 aliphatic heterocycles. The molecular weight excluding hydrogens is 422 g/mol. The average molecular weight is 448 g/mol. The minimum Gasteiger partial charge on any atom is -0.344 e. The van der Waals surface area contributed by atoms with Crippen LogP contribution in [-0.4, -0.2) is 42.0 Å². The van der Waals surface area contributed by atoms with E-state index in [4.69, 9.17) is 4.52 Å². The van der Waals surface area contributed by atoms with E-state index in [1.807, 2.05) is 0 Å². The Labute approximate surface area is 180 Å². The van der Waals surface area contributed by atoms with E-state index < -0.39 is 33.4 Å². The third-order valence-electron chi connectivity index (χ3n) is 5.53. The highest BCUT2D eigenvalue weighted by molar-refractivity contribution is 7.91. The Morgan fingerprint density at radius 3 is 2.61 bits per heavy atom. The minimum atomic E-state index is -3.68. The van der Waals surface area contributed by atoms with E-state index in [0.717, 1.165) is 0 Å². The Balaban J connectivity index is 1.77. The van der Waals surface area contributed by atoms with Gasteiger partial charge in [-0.2, -0.15) is 0 Å².